The van der Waals surface area contributed by atoms with Gasteiger partial charge in [-0.25, -0.2) is 12.7 Å². The van der Waals surface area contributed by atoms with Gasteiger partial charge in [0.15, 0.2) is 5.16 Å². The molecule has 3 rings (SSSR count). The van der Waals surface area contributed by atoms with Gasteiger partial charge in [-0.15, -0.1) is 10.2 Å². The Morgan fingerprint density at radius 3 is 2.55 bits per heavy atom. The molecule has 2 aromatic carbocycles. The summed E-state index contributed by atoms with van der Waals surface area (Å²) in [6.07, 6.45) is 1.57. The van der Waals surface area contributed by atoms with Gasteiger partial charge in [-0.3, -0.25) is 9.36 Å². The third-order valence-corrected chi connectivity index (χ3v) is 7.33. The molecule has 0 spiro atoms. The molecular weight excluding hydrogens is 438 g/mol. The molecule has 0 bridgehead atoms. The summed E-state index contributed by atoms with van der Waals surface area (Å²) >= 11 is 1.22. The standard InChI is InChI=1S/C20H23N5O4S2/c1-14-5-6-15(11-18(14)31(27,28)24(2)3)22-19(26)12-30-20-23-21-13-25(20)16-7-9-17(29-4)10-8-16/h5-11,13H,12H2,1-4H3,(H,22,26). The third kappa shape index (κ3) is 5.24. The molecule has 164 valence electrons. The molecule has 1 amide bonds. The molecule has 0 aliphatic carbocycles. The fourth-order valence-corrected chi connectivity index (χ4v) is 4.60. The highest BCUT2D eigenvalue weighted by molar-refractivity contribution is 7.99. The Hall–Kier alpha value is -2.89. The average molecular weight is 462 g/mol. The Bertz CT molecular complexity index is 1170. The van der Waals surface area contributed by atoms with Crippen molar-refractivity contribution in [2.75, 3.05) is 32.3 Å². The van der Waals surface area contributed by atoms with E-state index < -0.39 is 10.0 Å². The van der Waals surface area contributed by atoms with E-state index in [1.54, 1.807) is 37.1 Å². The molecular formula is C20H23N5O4S2. The molecule has 11 heteroatoms. The largest absolute Gasteiger partial charge is 0.497 e. The van der Waals surface area contributed by atoms with Crippen LogP contribution in [0.1, 0.15) is 5.56 Å². The van der Waals surface area contributed by atoms with Gasteiger partial charge < -0.3 is 10.1 Å². The predicted molar refractivity (Wildman–Crippen MR) is 119 cm³/mol. The maximum Gasteiger partial charge on any atom is 0.242 e. The van der Waals surface area contributed by atoms with E-state index in [-0.39, 0.29) is 16.6 Å². The molecule has 3 aromatic rings. The minimum absolute atomic E-state index is 0.0818. The number of ether oxygens (including phenoxy) is 1. The molecule has 0 radical (unpaired) electrons. The Labute approximate surface area is 185 Å². The lowest BCUT2D eigenvalue weighted by molar-refractivity contribution is -0.113. The van der Waals surface area contributed by atoms with Crippen LogP contribution in [0.2, 0.25) is 0 Å². The number of amides is 1. The Balaban J connectivity index is 1.69. The quantitative estimate of drug-likeness (QED) is 0.514. The number of nitrogens with one attached hydrogen (secondary N) is 1. The van der Waals surface area contributed by atoms with Gasteiger partial charge >= 0.3 is 0 Å². The summed E-state index contributed by atoms with van der Waals surface area (Å²) in [6, 6.07) is 12.2. The number of sulfonamides is 1. The van der Waals surface area contributed by atoms with Crippen molar-refractivity contribution in [3.63, 3.8) is 0 Å². The van der Waals surface area contributed by atoms with Gasteiger partial charge in [-0.1, -0.05) is 17.8 Å². The van der Waals surface area contributed by atoms with Gasteiger partial charge in [-0.05, 0) is 48.9 Å². The Morgan fingerprint density at radius 1 is 1.19 bits per heavy atom. The minimum atomic E-state index is -3.61. The number of rotatable bonds is 8. The van der Waals surface area contributed by atoms with Crippen molar-refractivity contribution in [3.8, 4) is 11.4 Å². The van der Waals surface area contributed by atoms with Gasteiger partial charge in [0.2, 0.25) is 15.9 Å². The fourth-order valence-electron chi connectivity index (χ4n) is 2.72. The monoisotopic (exact) mass is 461 g/mol. The second kappa shape index (κ2) is 9.50. The van der Waals surface area contributed by atoms with E-state index in [0.717, 1.165) is 15.7 Å². The van der Waals surface area contributed by atoms with Gasteiger partial charge in [0.25, 0.3) is 0 Å². The first-order valence-corrected chi connectivity index (χ1v) is 11.6. The third-order valence-electron chi connectivity index (χ3n) is 4.43. The molecule has 0 unspecified atom stereocenters. The number of thioether (sulfide) groups is 1. The number of benzene rings is 2. The summed E-state index contributed by atoms with van der Waals surface area (Å²) in [5.41, 5.74) is 1.85. The highest BCUT2D eigenvalue weighted by Crippen LogP contribution is 2.24. The number of methoxy groups -OCH3 is 1. The molecule has 0 fully saturated rings. The fraction of sp³-hybridized carbons (Fsp3) is 0.250. The number of nitrogens with zero attached hydrogens (tertiary/aromatic N) is 4. The van der Waals surface area contributed by atoms with Crippen molar-refractivity contribution in [3.05, 3.63) is 54.4 Å². The first-order chi connectivity index (χ1) is 14.7. The lowest BCUT2D eigenvalue weighted by atomic mass is 10.2. The second-order valence-corrected chi connectivity index (χ2v) is 9.85. The second-order valence-electron chi connectivity index (χ2n) is 6.79. The molecule has 0 aliphatic rings. The normalized spacial score (nSPS) is 11.5. The average Bonchev–Trinajstić information content (AvgIpc) is 3.22. The van der Waals surface area contributed by atoms with Gasteiger partial charge in [0.1, 0.15) is 12.1 Å². The van der Waals surface area contributed by atoms with Crippen molar-refractivity contribution < 1.29 is 17.9 Å². The van der Waals surface area contributed by atoms with Crippen LogP contribution in [-0.4, -0.2) is 60.4 Å². The van der Waals surface area contributed by atoms with Crippen LogP contribution in [0.25, 0.3) is 5.69 Å². The van der Waals surface area contributed by atoms with E-state index in [0.29, 0.717) is 16.4 Å². The number of hydrogen-bond acceptors (Lipinski definition) is 7. The molecule has 0 saturated heterocycles. The number of hydrogen-bond donors (Lipinski definition) is 1. The van der Waals surface area contributed by atoms with Crippen LogP contribution in [0.4, 0.5) is 5.69 Å². The summed E-state index contributed by atoms with van der Waals surface area (Å²) < 4.78 is 33.0. The van der Waals surface area contributed by atoms with Crippen LogP contribution >= 0.6 is 11.8 Å². The van der Waals surface area contributed by atoms with Crippen molar-refractivity contribution in [2.45, 2.75) is 17.0 Å². The number of aromatic nitrogens is 3. The molecule has 0 saturated carbocycles. The van der Waals surface area contributed by atoms with Crippen molar-refractivity contribution >= 4 is 33.4 Å². The van der Waals surface area contributed by atoms with E-state index in [4.69, 9.17) is 4.74 Å². The highest BCUT2D eigenvalue weighted by atomic mass is 32.2. The van der Waals surface area contributed by atoms with Gasteiger partial charge in [0.05, 0.1) is 17.8 Å². The van der Waals surface area contributed by atoms with Crippen LogP contribution in [-0.2, 0) is 14.8 Å². The number of carbonyl (C=O) groups excluding carboxylic acids is 1. The lowest BCUT2D eigenvalue weighted by Gasteiger charge is -2.15. The maximum atomic E-state index is 12.5. The van der Waals surface area contributed by atoms with E-state index in [1.807, 2.05) is 24.3 Å². The first-order valence-electron chi connectivity index (χ1n) is 9.22. The summed E-state index contributed by atoms with van der Waals surface area (Å²) in [4.78, 5) is 12.6. The molecule has 0 atom stereocenters. The molecule has 1 N–H and O–H groups in total. The summed E-state index contributed by atoms with van der Waals surface area (Å²) in [7, 11) is 0.925. The zero-order chi connectivity index (χ0) is 22.6. The van der Waals surface area contributed by atoms with Gasteiger partial charge in [0, 0.05) is 25.5 Å². The Kier molecular flexibility index (Phi) is 6.98. The first kappa shape index (κ1) is 22.8. The van der Waals surface area contributed by atoms with E-state index in [1.165, 1.54) is 31.9 Å². The smallest absolute Gasteiger partial charge is 0.242 e. The minimum Gasteiger partial charge on any atom is -0.497 e. The van der Waals surface area contributed by atoms with E-state index in [9.17, 15) is 13.2 Å². The number of anilines is 1. The molecule has 9 nitrogen and oxygen atoms in total. The van der Waals surface area contributed by atoms with Crippen LogP contribution in [0.15, 0.2) is 58.8 Å². The summed E-state index contributed by atoms with van der Waals surface area (Å²) in [5, 5.41) is 11.3. The Morgan fingerprint density at radius 2 is 1.90 bits per heavy atom. The van der Waals surface area contributed by atoms with Gasteiger partial charge in [-0.2, -0.15) is 0 Å². The van der Waals surface area contributed by atoms with Crippen molar-refractivity contribution in [1.29, 1.82) is 0 Å². The van der Waals surface area contributed by atoms with Crippen LogP contribution in [0.3, 0.4) is 0 Å². The SMILES string of the molecule is COc1ccc(-n2cnnc2SCC(=O)Nc2ccc(C)c(S(=O)(=O)N(C)C)c2)cc1. The topological polar surface area (TPSA) is 106 Å². The lowest BCUT2D eigenvalue weighted by Crippen LogP contribution is -2.23. The van der Waals surface area contributed by atoms with E-state index >= 15 is 0 Å². The maximum absolute atomic E-state index is 12.5. The van der Waals surface area contributed by atoms with Crippen LogP contribution < -0.4 is 10.1 Å². The summed E-state index contributed by atoms with van der Waals surface area (Å²) in [6.45, 7) is 1.71. The number of carbonyl (C=O) groups is 1. The van der Waals surface area contributed by atoms with E-state index in [2.05, 4.69) is 15.5 Å². The van der Waals surface area contributed by atoms with Crippen LogP contribution in [0.5, 0.6) is 5.75 Å². The highest BCUT2D eigenvalue weighted by Gasteiger charge is 2.20. The molecule has 1 heterocycles. The van der Waals surface area contributed by atoms with Crippen LogP contribution in [0, 0.1) is 6.92 Å². The predicted octanol–water partition coefficient (Wildman–Crippen LogP) is 2.57. The van der Waals surface area contributed by atoms with Crippen molar-refractivity contribution in [1.82, 2.24) is 19.1 Å². The zero-order valence-corrected chi connectivity index (χ0v) is 19.2. The summed E-state index contributed by atoms with van der Waals surface area (Å²) in [5.74, 6) is 0.531. The number of aryl methyl sites for hydroxylation is 1. The molecule has 31 heavy (non-hydrogen) atoms. The van der Waals surface area contributed by atoms with Crippen molar-refractivity contribution in [2.24, 2.45) is 0 Å². The molecule has 1 aromatic heterocycles. The molecule has 0 aliphatic heterocycles. The zero-order valence-electron chi connectivity index (χ0n) is 17.6.